The van der Waals surface area contributed by atoms with Crippen molar-refractivity contribution in [2.75, 3.05) is 22.1 Å². The van der Waals surface area contributed by atoms with Crippen molar-refractivity contribution >= 4 is 39.1 Å². The third kappa shape index (κ3) is 5.26. The average Bonchev–Trinajstić information content (AvgIpc) is 2.61. The van der Waals surface area contributed by atoms with Gasteiger partial charge >= 0.3 is 0 Å². The number of anilines is 2. The van der Waals surface area contributed by atoms with Gasteiger partial charge in [-0.3, -0.25) is 9.10 Å². The zero-order chi connectivity index (χ0) is 20.2. The van der Waals surface area contributed by atoms with Crippen LogP contribution >= 0.6 is 11.8 Å². The van der Waals surface area contributed by atoms with Gasteiger partial charge in [0.1, 0.15) is 6.04 Å². The molecule has 0 fully saturated rings. The molecule has 0 aromatic heterocycles. The van der Waals surface area contributed by atoms with Crippen molar-refractivity contribution in [3.8, 4) is 0 Å². The fourth-order valence-electron chi connectivity index (χ4n) is 2.85. The Morgan fingerprint density at radius 2 is 1.85 bits per heavy atom. The molecule has 1 unspecified atom stereocenters. The van der Waals surface area contributed by atoms with Gasteiger partial charge < -0.3 is 5.32 Å². The van der Waals surface area contributed by atoms with Crippen LogP contribution in [0.15, 0.2) is 47.4 Å². The van der Waals surface area contributed by atoms with E-state index in [1.54, 1.807) is 30.0 Å². The predicted molar refractivity (Wildman–Crippen MR) is 114 cm³/mol. The van der Waals surface area contributed by atoms with E-state index in [1.165, 1.54) is 4.31 Å². The van der Waals surface area contributed by atoms with Crippen LogP contribution in [-0.4, -0.2) is 32.9 Å². The summed E-state index contributed by atoms with van der Waals surface area (Å²) in [5.41, 5.74) is 3.20. The van der Waals surface area contributed by atoms with E-state index >= 15 is 0 Å². The number of carbonyl (C=O) groups is 1. The van der Waals surface area contributed by atoms with Gasteiger partial charge in [0.05, 0.1) is 11.9 Å². The van der Waals surface area contributed by atoms with Crippen molar-refractivity contribution in [2.45, 2.75) is 38.1 Å². The van der Waals surface area contributed by atoms with Crippen molar-refractivity contribution < 1.29 is 13.2 Å². The lowest BCUT2D eigenvalue weighted by Crippen LogP contribution is -2.47. The van der Waals surface area contributed by atoms with Gasteiger partial charge in [0.25, 0.3) is 0 Å². The molecular formula is C20H26N2O3S2. The van der Waals surface area contributed by atoms with Crippen LogP contribution in [0.3, 0.4) is 0 Å². The highest BCUT2D eigenvalue weighted by molar-refractivity contribution is 7.98. The lowest BCUT2D eigenvalue weighted by atomic mass is 10.1. The fourth-order valence-corrected chi connectivity index (χ4v) is 4.51. The van der Waals surface area contributed by atoms with Crippen LogP contribution in [0, 0.1) is 13.8 Å². The Hall–Kier alpha value is -1.99. The summed E-state index contributed by atoms with van der Waals surface area (Å²) < 4.78 is 26.3. The van der Waals surface area contributed by atoms with Crippen LogP contribution < -0.4 is 9.62 Å². The summed E-state index contributed by atoms with van der Waals surface area (Å²) in [5.74, 6) is -0.348. The van der Waals surface area contributed by atoms with Gasteiger partial charge in [0.15, 0.2) is 0 Å². The molecule has 2 rings (SSSR count). The highest BCUT2D eigenvalue weighted by atomic mass is 32.2. The van der Waals surface area contributed by atoms with E-state index in [1.807, 2.05) is 51.3 Å². The minimum Gasteiger partial charge on any atom is -0.324 e. The van der Waals surface area contributed by atoms with Crippen molar-refractivity contribution in [2.24, 2.45) is 0 Å². The van der Waals surface area contributed by atoms with E-state index < -0.39 is 16.1 Å². The number of sulfonamides is 1. The van der Waals surface area contributed by atoms with Crippen molar-refractivity contribution in [3.63, 3.8) is 0 Å². The van der Waals surface area contributed by atoms with E-state index in [9.17, 15) is 13.2 Å². The van der Waals surface area contributed by atoms with Gasteiger partial charge in [-0.25, -0.2) is 8.42 Å². The first-order valence-electron chi connectivity index (χ1n) is 8.69. The third-order valence-corrected chi connectivity index (χ3v) is 6.32. The second-order valence-corrected chi connectivity index (χ2v) is 9.21. The summed E-state index contributed by atoms with van der Waals surface area (Å²) >= 11 is 1.58. The van der Waals surface area contributed by atoms with Crippen LogP contribution in [-0.2, 0) is 14.8 Å². The molecule has 0 aliphatic carbocycles. The fraction of sp³-hybridized carbons (Fsp3) is 0.350. The molecule has 0 saturated heterocycles. The molecule has 5 nitrogen and oxygen atoms in total. The number of benzene rings is 2. The number of aryl methyl sites for hydroxylation is 2. The molecule has 2 aromatic rings. The minimum absolute atomic E-state index is 0.348. The van der Waals surface area contributed by atoms with Crippen LogP contribution in [0.5, 0.6) is 0 Å². The monoisotopic (exact) mass is 406 g/mol. The summed E-state index contributed by atoms with van der Waals surface area (Å²) in [7, 11) is -3.64. The maximum atomic E-state index is 12.9. The van der Waals surface area contributed by atoms with E-state index in [4.69, 9.17) is 0 Å². The largest absolute Gasteiger partial charge is 0.324 e. The average molecular weight is 407 g/mol. The topological polar surface area (TPSA) is 66.5 Å². The smallest absolute Gasteiger partial charge is 0.248 e. The molecule has 146 valence electrons. The molecule has 1 atom stereocenters. The molecule has 1 N–H and O–H groups in total. The Labute approximate surface area is 166 Å². The molecule has 1 amide bonds. The quantitative estimate of drug-likeness (QED) is 0.700. The molecule has 0 aliphatic heterocycles. The summed E-state index contributed by atoms with van der Waals surface area (Å²) in [5, 5.41) is 2.86. The molecule has 0 heterocycles. The molecule has 0 spiro atoms. The summed E-state index contributed by atoms with van der Waals surface area (Å²) in [6, 6.07) is 12.1. The molecule has 27 heavy (non-hydrogen) atoms. The SMILES string of the molecule is CCC(C(=O)Nc1cccc(SC)c1)N(c1ccc(C)c(C)c1)S(C)(=O)=O. The third-order valence-electron chi connectivity index (χ3n) is 4.41. The number of nitrogens with zero attached hydrogens (tertiary/aromatic N) is 1. The van der Waals surface area contributed by atoms with E-state index in [-0.39, 0.29) is 5.91 Å². The Balaban J connectivity index is 2.39. The second-order valence-electron chi connectivity index (χ2n) is 6.47. The first-order chi connectivity index (χ1) is 12.7. The summed E-state index contributed by atoms with van der Waals surface area (Å²) in [6.07, 6.45) is 3.45. The van der Waals surface area contributed by atoms with Gasteiger partial charge in [-0.2, -0.15) is 0 Å². The molecule has 7 heteroatoms. The van der Waals surface area contributed by atoms with Crippen LogP contribution in [0.25, 0.3) is 0 Å². The summed E-state index contributed by atoms with van der Waals surface area (Å²) in [4.78, 5) is 14.0. The highest BCUT2D eigenvalue weighted by Crippen LogP contribution is 2.26. The number of rotatable bonds is 7. The molecule has 0 radical (unpaired) electrons. The Morgan fingerprint density at radius 3 is 2.41 bits per heavy atom. The molecule has 2 aromatic carbocycles. The maximum absolute atomic E-state index is 12.9. The molecule has 0 aliphatic rings. The highest BCUT2D eigenvalue weighted by Gasteiger charge is 2.31. The number of hydrogen-bond donors (Lipinski definition) is 1. The van der Waals surface area contributed by atoms with E-state index in [0.29, 0.717) is 17.8 Å². The first kappa shape index (κ1) is 21.3. The van der Waals surface area contributed by atoms with Gasteiger partial charge in [-0.15, -0.1) is 11.8 Å². The number of carbonyl (C=O) groups excluding carboxylic acids is 1. The molecular weight excluding hydrogens is 380 g/mol. The van der Waals surface area contributed by atoms with Crippen molar-refractivity contribution in [3.05, 3.63) is 53.6 Å². The lowest BCUT2D eigenvalue weighted by molar-refractivity contribution is -0.117. The van der Waals surface area contributed by atoms with Gasteiger partial charge in [-0.1, -0.05) is 19.1 Å². The van der Waals surface area contributed by atoms with Crippen molar-refractivity contribution in [1.82, 2.24) is 0 Å². The predicted octanol–water partition coefficient (Wildman–Crippen LogP) is 4.21. The Kier molecular flexibility index (Phi) is 6.95. The lowest BCUT2D eigenvalue weighted by Gasteiger charge is -2.30. The van der Waals surface area contributed by atoms with E-state index in [0.717, 1.165) is 22.3 Å². The normalized spacial score (nSPS) is 12.5. The zero-order valence-corrected chi connectivity index (χ0v) is 17.9. The minimum atomic E-state index is -3.64. The van der Waals surface area contributed by atoms with Gasteiger partial charge in [0.2, 0.25) is 15.9 Å². The summed E-state index contributed by atoms with van der Waals surface area (Å²) in [6.45, 7) is 5.70. The van der Waals surface area contributed by atoms with Gasteiger partial charge in [0, 0.05) is 10.6 Å². The first-order valence-corrected chi connectivity index (χ1v) is 11.8. The second kappa shape index (κ2) is 8.80. The van der Waals surface area contributed by atoms with Crippen LogP contribution in [0.1, 0.15) is 24.5 Å². The van der Waals surface area contributed by atoms with Crippen LogP contribution in [0.2, 0.25) is 0 Å². The van der Waals surface area contributed by atoms with E-state index in [2.05, 4.69) is 5.32 Å². The number of hydrogen-bond acceptors (Lipinski definition) is 4. The Morgan fingerprint density at radius 1 is 1.15 bits per heavy atom. The standard InChI is InChI=1S/C20H26N2O3S2/c1-6-19(20(23)21-16-8-7-9-18(13-16)26-4)22(27(5,24)25)17-11-10-14(2)15(3)12-17/h7-13,19H,6H2,1-5H3,(H,21,23). The molecule has 0 bridgehead atoms. The Bertz CT molecular complexity index is 927. The number of thioether (sulfide) groups is 1. The van der Waals surface area contributed by atoms with Gasteiger partial charge in [-0.05, 0) is 68.0 Å². The zero-order valence-electron chi connectivity index (χ0n) is 16.3. The number of amides is 1. The van der Waals surface area contributed by atoms with Crippen LogP contribution in [0.4, 0.5) is 11.4 Å². The maximum Gasteiger partial charge on any atom is 0.248 e. The number of nitrogens with one attached hydrogen (secondary N) is 1. The van der Waals surface area contributed by atoms with Crippen molar-refractivity contribution in [1.29, 1.82) is 0 Å². The molecule has 0 saturated carbocycles.